The molecule has 0 radical (unpaired) electrons. The smallest absolute Gasteiger partial charge is 0.248 e. The first-order chi connectivity index (χ1) is 9.00. The second kappa shape index (κ2) is 5.95. The third-order valence-corrected chi connectivity index (χ3v) is 4.02. The van der Waals surface area contributed by atoms with Crippen molar-refractivity contribution in [1.29, 1.82) is 0 Å². The van der Waals surface area contributed by atoms with Crippen LogP contribution < -0.4 is 0 Å². The molecule has 1 atom stereocenters. The maximum absolute atomic E-state index is 13.1. The van der Waals surface area contributed by atoms with Gasteiger partial charge in [0.05, 0.1) is 6.10 Å². The molecule has 0 aromatic carbocycles. The van der Waals surface area contributed by atoms with Gasteiger partial charge in [-0.05, 0) is 36.8 Å². The third-order valence-electron chi connectivity index (χ3n) is 4.02. The van der Waals surface area contributed by atoms with Crippen LogP contribution in [-0.2, 0) is 12.8 Å². The molecule has 19 heavy (non-hydrogen) atoms. The summed E-state index contributed by atoms with van der Waals surface area (Å²) >= 11 is 0. The number of aliphatic hydroxyl groups excluding tert-OH is 1. The van der Waals surface area contributed by atoms with Crippen molar-refractivity contribution in [2.75, 3.05) is 0 Å². The van der Waals surface area contributed by atoms with E-state index >= 15 is 0 Å². The fraction of sp³-hybridized carbons (Fsp3) is 0.667. The van der Waals surface area contributed by atoms with Gasteiger partial charge in [-0.25, -0.2) is 8.78 Å². The summed E-state index contributed by atoms with van der Waals surface area (Å²) in [6.07, 6.45) is 3.26. The Labute approximate surface area is 112 Å². The normalized spacial score (nSPS) is 21.3. The van der Waals surface area contributed by atoms with E-state index in [1.165, 1.54) is 0 Å². The molecule has 2 rings (SSSR count). The molecule has 1 heterocycles. The molecule has 0 bridgehead atoms. The minimum Gasteiger partial charge on any atom is -0.392 e. The van der Waals surface area contributed by atoms with Crippen molar-refractivity contribution in [3.05, 3.63) is 29.6 Å². The van der Waals surface area contributed by atoms with Gasteiger partial charge in [0.15, 0.2) is 0 Å². The van der Waals surface area contributed by atoms with Crippen molar-refractivity contribution in [3.63, 3.8) is 0 Å². The number of halogens is 2. The molecule has 1 saturated carbocycles. The van der Waals surface area contributed by atoms with E-state index < -0.39 is 12.0 Å². The Kier molecular flexibility index (Phi) is 4.50. The summed E-state index contributed by atoms with van der Waals surface area (Å²) < 4.78 is 26.1. The number of hydrogen-bond acceptors (Lipinski definition) is 2. The predicted octanol–water partition coefficient (Wildman–Crippen LogP) is 3.37. The van der Waals surface area contributed by atoms with E-state index in [4.69, 9.17) is 0 Å². The van der Waals surface area contributed by atoms with Gasteiger partial charge < -0.3 is 5.11 Å². The van der Waals surface area contributed by atoms with Crippen LogP contribution in [0.25, 0.3) is 0 Å². The number of aliphatic hydroxyl groups is 1. The van der Waals surface area contributed by atoms with E-state index in [9.17, 15) is 13.9 Å². The molecule has 1 aliphatic carbocycles. The van der Waals surface area contributed by atoms with Crippen molar-refractivity contribution in [1.82, 2.24) is 4.98 Å². The molecule has 0 amide bonds. The van der Waals surface area contributed by atoms with Crippen LogP contribution in [0.2, 0.25) is 0 Å². The molecule has 106 valence electrons. The molecule has 0 spiro atoms. The lowest BCUT2D eigenvalue weighted by molar-refractivity contribution is -0.0620. The van der Waals surface area contributed by atoms with Crippen LogP contribution in [0.5, 0.6) is 0 Å². The first kappa shape index (κ1) is 14.4. The molecular weight excluding hydrogens is 248 g/mol. The summed E-state index contributed by atoms with van der Waals surface area (Å²) in [5.41, 5.74) is 2.00. The number of pyridine rings is 1. The van der Waals surface area contributed by atoms with E-state index in [2.05, 4.69) is 11.9 Å². The molecule has 1 aromatic rings. The molecule has 1 aromatic heterocycles. The lowest BCUT2D eigenvalue weighted by Gasteiger charge is -2.31. The molecule has 0 aliphatic heterocycles. The molecule has 1 unspecified atom stereocenters. The van der Waals surface area contributed by atoms with Gasteiger partial charge in [-0.1, -0.05) is 13.0 Å². The fourth-order valence-electron chi connectivity index (χ4n) is 2.61. The Bertz CT molecular complexity index is 395. The zero-order valence-corrected chi connectivity index (χ0v) is 11.3. The van der Waals surface area contributed by atoms with Gasteiger partial charge in [0.25, 0.3) is 0 Å². The van der Waals surface area contributed by atoms with Gasteiger partial charge in [0.2, 0.25) is 5.92 Å². The molecule has 4 heteroatoms. The van der Waals surface area contributed by atoms with Crippen LogP contribution in [0.15, 0.2) is 18.3 Å². The van der Waals surface area contributed by atoms with Gasteiger partial charge in [-0.2, -0.15) is 0 Å². The highest BCUT2D eigenvalue weighted by molar-refractivity contribution is 5.14. The van der Waals surface area contributed by atoms with Crippen LogP contribution in [0, 0.1) is 5.92 Å². The monoisotopic (exact) mass is 269 g/mol. The number of hydrogen-bond donors (Lipinski definition) is 1. The second-order valence-corrected chi connectivity index (χ2v) is 5.48. The zero-order chi connectivity index (χ0) is 13.9. The number of nitrogens with zero attached hydrogens (tertiary/aromatic N) is 1. The summed E-state index contributed by atoms with van der Waals surface area (Å²) in [6.45, 7) is 2.06. The number of aryl methyl sites for hydroxylation is 1. The summed E-state index contributed by atoms with van der Waals surface area (Å²) in [5, 5.41) is 10.1. The van der Waals surface area contributed by atoms with Crippen LogP contribution in [-0.4, -0.2) is 22.1 Å². The Morgan fingerprint density at radius 1 is 1.37 bits per heavy atom. The van der Waals surface area contributed by atoms with Crippen LogP contribution in [0.4, 0.5) is 8.78 Å². The standard InChI is InChI=1S/C15H21F2NO/c1-2-11-3-4-13(18-10-11)9-14(19)12-5-7-15(16,17)8-6-12/h3-4,10,12,14,19H,2,5-9H2,1H3. The molecule has 2 nitrogen and oxygen atoms in total. The largest absolute Gasteiger partial charge is 0.392 e. The van der Waals surface area contributed by atoms with Crippen LogP contribution in [0.1, 0.15) is 43.9 Å². The minimum absolute atomic E-state index is 0.0210. The fourth-order valence-corrected chi connectivity index (χ4v) is 2.61. The molecular formula is C15H21F2NO. The highest BCUT2D eigenvalue weighted by Crippen LogP contribution is 2.37. The van der Waals surface area contributed by atoms with E-state index in [0.717, 1.165) is 17.7 Å². The first-order valence-corrected chi connectivity index (χ1v) is 7.00. The SMILES string of the molecule is CCc1ccc(CC(O)C2CCC(F)(F)CC2)nc1. The van der Waals surface area contributed by atoms with Gasteiger partial charge >= 0.3 is 0 Å². The highest BCUT2D eigenvalue weighted by atomic mass is 19.3. The van der Waals surface area contributed by atoms with Crippen molar-refractivity contribution in [3.8, 4) is 0 Å². The summed E-state index contributed by atoms with van der Waals surface area (Å²) in [4.78, 5) is 4.30. The van der Waals surface area contributed by atoms with Crippen molar-refractivity contribution >= 4 is 0 Å². The lowest BCUT2D eigenvalue weighted by Crippen LogP contribution is -2.32. The Morgan fingerprint density at radius 2 is 2.05 bits per heavy atom. The Balaban J connectivity index is 1.88. The van der Waals surface area contributed by atoms with Gasteiger partial charge in [0, 0.05) is 31.2 Å². The Morgan fingerprint density at radius 3 is 2.58 bits per heavy atom. The number of aromatic nitrogens is 1. The van der Waals surface area contributed by atoms with Crippen molar-refractivity contribution in [2.24, 2.45) is 5.92 Å². The van der Waals surface area contributed by atoms with E-state index in [-0.39, 0.29) is 18.8 Å². The summed E-state index contributed by atoms with van der Waals surface area (Å²) in [7, 11) is 0. The van der Waals surface area contributed by atoms with E-state index in [1.54, 1.807) is 0 Å². The maximum Gasteiger partial charge on any atom is 0.248 e. The average molecular weight is 269 g/mol. The summed E-state index contributed by atoms with van der Waals surface area (Å²) in [5.74, 6) is -2.55. The van der Waals surface area contributed by atoms with Gasteiger partial charge in [-0.3, -0.25) is 4.98 Å². The zero-order valence-electron chi connectivity index (χ0n) is 11.3. The topological polar surface area (TPSA) is 33.1 Å². The van der Waals surface area contributed by atoms with Crippen LogP contribution >= 0.6 is 0 Å². The number of alkyl halides is 2. The van der Waals surface area contributed by atoms with Crippen molar-refractivity contribution in [2.45, 2.75) is 57.5 Å². The second-order valence-electron chi connectivity index (χ2n) is 5.48. The average Bonchev–Trinajstić information content (AvgIpc) is 2.39. The predicted molar refractivity (Wildman–Crippen MR) is 70.2 cm³/mol. The highest BCUT2D eigenvalue weighted by Gasteiger charge is 2.37. The van der Waals surface area contributed by atoms with Gasteiger partial charge in [0.1, 0.15) is 0 Å². The lowest BCUT2D eigenvalue weighted by atomic mass is 9.82. The Hall–Kier alpha value is -1.03. The molecule has 0 saturated heterocycles. The minimum atomic E-state index is -2.53. The van der Waals surface area contributed by atoms with Gasteiger partial charge in [-0.15, -0.1) is 0 Å². The molecule has 1 fully saturated rings. The summed E-state index contributed by atoms with van der Waals surface area (Å²) in [6, 6.07) is 3.92. The third kappa shape index (κ3) is 3.96. The quantitative estimate of drug-likeness (QED) is 0.909. The van der Waals surface area contributed by atoms with E-state index in [0.29, 0.717) is 19.3 Å². The van der Waals surface area contributed by atoms with Crippen LogP contribution in [0.3, 0.4) is 0 Å². The molecule has 1 aliphatic rings. The van der Waals surface area contributed by atoms with E-state index in [1.807, 2.05) is 18.3 Å². The molecule has 1 N–H and O–H groups in total. The first-order valence-electron chi connectivity index (χ1n) is 7.00. The van der Waals surface area contributed by atoms with Crippen molar-refractivity contribution < 1.29 is 13.9 Å². The number of rotatable bonds is 4. The maximum atomic E-state index is 13.1.